The maximum atomic E-state index is 13.3. The summed E-state index contributed by atoms with van der Waals surface area (Å²) in [4.78, 5) is 13.3. The molecule has 0 aliphatic carbocycles. The second-order valence-corrected chi connectivity index (χ2v) is 9.93. The van der Waals surface area contributed by atoms with Gasteiger partial charge in [-0.25, -0.2) is 9.36 Å². The van der Waals surface area contributed by atoms with Crippen LogP contribution >= 0.6 is 22.6 Å². The number of fused-ring (bicyclic) bond motifs is 1. The zero-order valence-corrected chi connectivity index (χ0v) is 20.3. The third-order valence-corrected chi connectivity index (χ3v) is 6.48. The van der Waals surface area contributed by atoms with Crippen LogP contribution in [0, 0.1) is 3.57 Å². The van der Waals surface area contributed by atoms with E-state index >= 15 is 0 Å². The Kier molecular flexibility index (Phi) is 6.57. The second-order valence-electron chi connectivity index (χ2n) is 8.85. The number of rotatable bonds is 4. The number of hydrogen-bond donors (Lipinski definition) is 0. The van der Waals surface area contributed by atoms with Crippen molar-refractivity contribution in [2.24, 2.45) is 0 Å². The van der Waals surface area contributed by atoms with Crippen LogP contribution in [0.15, 0.2) is 48.5 Å². The maximum absolute atomic E-state index is 13.3. The molecule has 1 aromatic heterocycles. The summed E-state index contributed by atoms with van der Waals surface area (Å²) in [5.74, 6) is 0.989. The third-order valence-electron chi connectivity index (χ3n) is 5.34. The molecule has 1 saturated heterocycles. The van der Waals surface area contributed by atoms with E-state index in [4.69, 9.17) is 14.2 Å². The fourth-order valence-electron chi connectivity index (χ4n) is 3.92. The van der Waals surface area contributed by atoms with Gasteiger partial charge in [0.15, 0.2) is 0 Å². The van der Waals surface area contributed by atoms with Gasteiger partial charge in [0.05, 0.1) is 5.52 Å². The van der Waals surface area contributed by atoms with Gasteiger partial charge in [-0.15, -0.1) is 0 Å². The number of nitrogens with zero attached hydrogens (tertiary/aromatic N) is 1. The van der Waals surface area contributed by atoms with Crippen LogP contribution in [-0.4, -0.2) is 29.5 Å². The van der Waals surface area contributed by atoms with Crippen LogP contribution in [0.2, 0.25) is 0 Å². The number of aromatic nitrogens is 1. The quantitative estimate of drug-likeness (QED) is 0.359. The van der Waals surface area contributed by atoms with Crippen LogP contribution in [-0.2, 0) is 16.1 Å². The Morgan fingerprint density at radius 1 is 1.13 bits per heavy atom. The van der Waals surface area contributed by atoms with Crippen molar-refractivity contribution in [3.05, 3.63) is 63.4 Å². The van der Waals surface area contributed by atoms with Crippen molar-refractivity contribution in [2.75, 3.05) is 13.2 Å². The molecule has 0 unspecified atom stereocenters. The molecule has 4 rings (SSSR count). The van der Waals surface area contributed by atoms with Gasteiger partial charge in [-0.05, 0) is 73.9 Å². The summed E-state index contributed by atoms with van der Waals surface area (Å²) >= 11 is 2.36. The summed E-state index contributed by atoms with van der Waals surface area (Å²) in [7, 11) is 0. The minimum atomic E-state index is -0.576. The highest BCUT2D eigenvalue weighted by molar-refractivity contribution is 14.1. The number of benzene rings is 2. The van der Waals surface area contributed by atoms with Crippen LogP contribution < -0.4 is 4.74 Å². The van der Waals surface area contributed by atoms with E-state index in [-0.39, 0.29) is 12.0 Å². The number of carbonyl (C=O) groups excluding carboxylic acids is 1. The van der Waals surface area contributed by atoms with Crippen molar-refractivity contribution in [3.63, 3.8) is 0 Å². The van der Waals surface area contributed by atoms with Crippen molar-refractivity contribution >= 4 is 39.6 Å². The predicted molar refractivity (Wildman–Crippen MR) is 130 cm³/mol. The monoisotopic (exact) mass is 533 g/mol. The minimum absolute atomic E-state index is 0.259. The molecule has 0 N–H and O–H groups in total. The van der Waals surface area contributed by atoms with Crippen LogP contribution in [0.3, 0.4) is 0 Å². The zero-order valence-electron chi connectivity index (χ0n) is 18.2. The van der Waals surface area contributed by atoms with Crippen molar-refractivity contribution in [3.8, 4) is 5.75 Å². The molecule has 2 heterocycles. The summed E-state index contributed by atoms with van der Waals surface area (Å²) in [6, 6.07) is 16.0. The Morgan fingerprint density at radius 2 is 1.84 bits per heavy atom. The molecule has 164 valence electrons. The van der Waals surface area contributed by atoms with Gasteiger partial charge in [0.25, 0.3) is 0 Å². The molecule has 1 aliphatic heterocycles. The lowest BCUT2D eigenvalue weighted by molar-refractivity contribution is 0.0522. The summed E-state index contributed by atoms with van der Waals surface area (Å²) in [5, 5.41) is 1.04. The Balaban J connectivity index is 1.75. The maximum Gasteiger partial charge on any atom is 0.419 e. The van der Waals surface area contributed by atoms with E-state index in [1.807, 2.05) is 69.3 Å². The summed E-state index contributed by atoms with van der Waals surface area (Å²) in [6.07, 6.45) is 1.45. The molecule has 1 aliphatic rings. The van der Waals surface area contributed by atoms with Crippen molar-refractivity contribution in [1.29, 1.82) is 0 Å². The molecule has 0 bridgehead atoms. The average Bonchev–Trinajstić information content (AvgIpc) is 3.04. The first-order valence-electron chi connectivity index (χ1n) is 10.6. The highest BCUT2D eigenvalue weighted by Crippen LogP contribution is 2.38. The van der Waals surface area contributed by atoms with E-state index in [1.54, 1.807) is 4.57 Å². The lowest BCUT2D eigenvalue weighted by atomic mass is 9.96. The van der Waals surface area contributed by atoms with Crippen molar-refractivity contribution < 1.29 is 19.0 Å². The Morgan fingerprint density at radius 3 is 2.52 bits per heavy atom. The fraction of sp³-hybridized carbons (Fsp3) is 0.400. The van der Waals surface area contributed by atoms with E-state index in [0.717, 1.165) is 44.3 Å². The summed E-state index contributed by atoms with van der Waals surface area (Å²) in [5.41, 5.74) is 2.37. The SMILES string of the molecule is CC(C)(C)OC(=O)n1c(C2CCOCC2)c(I)c2ccc(OCc3ccccc3)cc21. The molecule has 0 spiro atoms. The van der Waals surface area contributed by atoms with Crippen molar-refractivity contribution in [2.45, 2.75) is 51.7 Å². The van der Waals surface area contributed by atoms with Crippen LogP contribution in [0.5, 0.6) is 5.75 Å². The van der Waals surface area contributed by atoms with Crippen LogP contribution in [0.4, 0.5) is 4.79 Å². The normalized spacial score (nSPS) is 15.2. The summed E-state index contributed by atoms with van der Waals surface area (Å²) < 4.78 is 20.3. The largest absolute Gasteiger partial charge is 0.489 e. The standard InChI is InChI=1S/C25H28INO4/c1-25(2,3)31-24(28)27-21-15-19(30-16-17-7-5-4-6-8-17)9-10-20(21)22(26)23(27)18-11-13-29-14-12-18/h4-10,15,18H,11-14,16H2,1-3H3. The number of ether oxygens (including phenoxy) is 3. The van der Waals surface area contributed by atoms with Gasteiger partial charge in [-0.2, -0.15) is 0 Å². The Labute approximate surface area is 196 Å². The van der Waals surface area contributed by atoms with Crippen LogP contribution in [0.25, 0.3) is 10.9 Å². The molecule has 31 heavy (non-hydrogen) atoms. The molecule has 6 heteroatoms. The fourth-order valence-corrected chi connectivity index (χ4v) is 5.05. The van der Waals surface area contributed by atoms with E-state index in [0.29, 0.717) is 19.8 Å². The molecule has 3 aromatic rings. The smallest absolute Gasteiger partial charge is 0.419 e. The molecule has 0 saturated carbocycles. The van der Waals surface area contributed by atoms with Crippen molar-refractivity contribution in [1.82, 2.24) is 4.57 Å². The van der Waals surface area contributed by atoms with E-state index in [1.165, 1.54) is 0 Å². The van der Waals surface area contributed by atoms with E-state index < -0.39 is 5.60 Å². The highest BCUT2D eigenvalue weighted by Gasteiger charge is 2.30. The summed E-state index contributed by atoms with van der Waals surface area (Å²) in [6.45, 7) is 7.58. The molecule has 2 aromatic carbocycles. The Bertz CT molecular complexity index is 1060. The molecule has 1 fully saturated rings. The van der Waals surface area contributed by atoms with E-state index in [9.17, 15) is 4.79 Å². The second kappa shape index (κ2) is 9.20. The number of halogens is 1. The van der Waals surface area contributed by atoms with Gasteiger partial charge < -0.3 is 14.2 Å². The topological polar surface area (TPSA) is 49.7 Å². The first-order chi connectivity index (χ1) is 14.8. The average molecular weight is 533 g/mol. The molecular weight excluding hydrogens is 505 g/mol. The van der Waals surface area contributed by atoms with Gasteiger partial charge in [0, 0.05) is 39.8 Å². The highest BCUT2D eigenvalue weighted by atomic mass is 127. The van der Waals surface area contributed by atoms with Gasteiger partial charge in [0.1, 0.15) is 18.0 Å². The van der Waals surface area contributed by atoms with Gasteiger partial charge >= 0.3 is 6.09 Å². The molecule has 5 nitrogen and oxygen atoms in total. The first-order valence-corrected chi connectivity index (χ1v) is 11.7. The first kappa shape index (κ1) is 22.1. The molecule has 0 atom stereocenters. The third kappa shape index (κ3) is 5.06. The van der Waals surface area contributed by atoms with Gasteiger partial charge in [0.2, 0.25) is 0 Å². The molecule has 0 radical (unpaired) electrons. The Hall–Kier alpha value is -2.06. The van der Waals surface area contributed by atoms with E-state index in [2.05, 4.69) is 22.6 Å². The lowest BCUT2D eigenvalue weighted by Gasteiger charge is -2.26. The minimum Gasteiger partial charge on any atom is -0.489 e. The molecular formula is C25H28INO4. The number of hydrogen-bond acceptors (Lipinski definition) is 4. The van der Waals surface area contributed by atoms with Gasteiger partial charge in [-0.1, -0.05) is 30.3 Å². The lowest BCUT2D eigenvalue weighted by Crippen LogP contribution is -2.29. The molecule has 0 amide bonds. The van der Waals surface area contributed by atoms with Gasteiger partial charge in [-0.3, -0.25) is 0 Å². The zero-order chi connectivity index (χ0) is 22.0. The predicted octanol–water partition coefficient (Wildman–Crippen LogP) is 6.50. The van der Waals surface area contributed by atoms with Crippen LogP contribution in [0.1, 0.15) is 50.8 Å². The number of carbonyl (C=O) groups is 1.